The maximum Gasteiger partial charge on any atom is 0.416 e. The number of nitriles is 1. The van der Waals surface area contributed by atoms with Crippen LogP contribution in [0.4, 0.5) is 13.2 Å². The lowest BCUT2D eigenvalue weighted by Gasteiger charge is -2.20. The summed E-state index contributed by atoms with van der Waals surface area (Å²) < 4.78 is 40.3. The number of aromatic nitrogens is 1. The summed E-state index contributed by atoms with van der Waals surface area (Å²) in [6.07, 6.45) is -5.21. The predicted octanol–water partition coefficient (Wildman–Crippen LogP) is 4.87. The van der Waals surface area contributed by atoms with Gasteiger partial charge in [0.15, 0.2) is 0 Å². The number of hydrogen-bond donors (Lipinski definition) is 3. The number of H-pyrrole nitrogens is 1. The number of nitrogens with zero attached hydrogens (tertiary/aromatic N) is 2. The number of halogens is 4. The van der Waals surface area contributed by atoms with Crippen LogP contribution < -0.4 is 5.56 Å². The number of rotatable bonds is 8. The highest BCUT2D eigenvalue weighted by molar-refractivity contribution is 7.99. The lowest BCUT2D eigenvalue weighted by atomic mass is 9.98. The molecule has 0 spiro atoms. The molecule has 0 saturated carbocycles. The molecule has 0 fully saturated rings. The van der Waals surface area contributed by atoms with E-state index in [4.69, 9.17) is 16.9 Å². The molecule has 1 unspecified atom stereocenters. The second-order valence-corrected chi connectivity index (χ2v) is 9.18. The molecule has 1 aromatic heterocycles. The minimum Gasteiger partial charge on any atom is -0.507 e. The van der Waals surface area contributed by atoms with Crippen molar-refractivity contribution in [2.24, 2.45) is 0 Å². The van der Waals surface area contributed by atoms with Gasteiger partial charge in [-0.15, -0.1) is 11.8 Å². The van der Waals surface area contributed by atoms with Gasteiger partial charge in [0.25, 0.3) is 5.56 Å². The van der Waals surface area contributed by atoms with Gasteiger partial charge in [-0.1, -0.05) is 11.6 Å². The molecule has 6 nitrogen and oxygen atoms in total. The minimum atomic E-state index is -4.62. The fraction of sp³-hybridized carbons (Fsp3) is 0.304. The Morgan fingerprint density at radius 3 is 2.68 bits per heavy atom. The average molecular weight is 512 g/mol. The molecule has 0 aliphatic carbocycles. The van der Waals surface area contributed by atoms with E-state index in [0.29, 0.717) is 13.0 Å². The zero-order chi connectivity index (χ0) is 25.0. The van der Waals surface area contributed by atoms with Crippen LogP contribution in [0, 0.1) is 11.3 Å². The molecule has 0 bridgehead atoms. The molecule has 2 aromatic carbocycles. The van der Waals surface area contributed by atoms with Crippen LogP contribution in [0.5, 0.6) is 5.75 Å². The molecule has 1 atom stereocenters. The lowest BCUT2D eigenvalue weighted by molar-refractivity contribution is -0.137. The van der Waals surface area contributed by atoms with Gasteiger partial charge in [0.2, 0.25) is 0 Å². The van der Waals surface area contributed by atoms with Crippen LogP contribution in [0.25, 0.3) is 22.0 Å². The Balaban J connectivity index is 2.11. The van der Waals surface area contributed by atoms with Gasteiger partial charge in [0.1, 0.15) is 5.75 Å². The van der Waals surface area contributed by atoms with Crippen molar-refractivity contribution in [1.29, 1.82) is 5.26 Å². The number of fused-ring (bicyclic) bond motifs is 1. The molecule has 3 N–H and O–H groups in total. The maximum atomic E-state index is 13.4. The summed E-state index contributed by atoms with van der Waals surface area (Å²) in [7, 11) is 1.74. The fourth-order valence-electron chi connectivity index (χ4n) is 3.49. The third-order valence-corrected chi connectivity index (χ3v) is 6.54. The van der Waals surface area contributed by atoms with E-state index in [1.54, 1.807) is 11.9 Å². The Morgan fingerprint density at radius 1 is 1.26 bits per heavy atom. The number of phenolic OH excluding ortho intramolecular Hbond substituents is 1. The van der Waals surface area contributed by atoms with Crippen LogP contribution in [0.1, 0.15) is 12.0 Å². The van der Waals surface area contributed by atoms with Gasteiger partial charge < -0.3 is 20.1 Å². The molecule has 34 heavy (non-hydrogen) atoms. The fourth-order valence-corrected chi connectivity index (χ4v) is 4.67. The Hall–Kier alpha value is -2.71. The van der Waals surface area contributed by atoms with Crippen LogP contribution in [0.15, 0.2) is 46.1 Å². The van der Waals surface area contributed by atoms with E-state index in [1.807, 2.05) is 6.07 Å². The number of aliphatic hydroxyl groups is 1. The number of benzene rings is 2. The molecule has 3 rings (SSSR count). The summed E-state index contributed by atoms with van der Waals surface area (Å²) in [5, 5.41) is 29.9. The number of nitrogens with one attached hydrogen (secondary N) is 1. The quantitative estimate of drug-likeness (QED) is 0.373. The standard InChI is InChI=1S/C23H21ClF3N3O3S/c1-30(8-2-7-28)11-15(31)12-34-21-20(17-10-14(24)4-6-19(17)32)16-9-13(23(25,26)27)3-5-18(16)29-22(21)33/h3-6,9-10,15,31-32H,2,8,11-12H2,1H3,(H,29,33). The first-order chi connectivity index (χ1) is 16.0. The van der Waals surface area contributed by atoms with E-state index >= 15 is 0 Å². The molecule has 0 aliphatic rings. The van der Waals surface area contributed by atoms with Gasteiger partial charge in [0.05, 0.1) is 22.6 Å². The smallest absolute Gasteiger partial charge is 0.416 e. The number of aromatic hydroxyl groups is 1. The van der Waals surface area contributed by atoms with E-state index in [-0.39, 0.29) is 50.0 Å². The van der Waals surface area contributed by atoms with Crippen molar-refractivity contribution in [2.75, 3.05) is 25.9 Å². The first-order valence-electron chi connectivity index (χ1n) is 10.1. The summed E-state index contributed by atoms with van der Waals surface area (Å²) in [4.78, 5) is 17.3. The lowest BCUT2D eigenvalue weighted by Crippen LogP contribution is -2.31. The van der Waals surface area contributed by atoms with E-state index in [1.165, 1.54) is 18.2 Å². The number of thioether (sulfide) groups is 1. The second kappa shape index (κ2) is 10.7. The monoisotopic (exact) mass is 511 g/mol. The Labute approximate surface area is 202 Å². The van der Waals surface area contributed by atoms with Gasteiger partial charge in [0, 0.05) is 52.3 Å². The summed E-state index contributed by atoms with van der Waals surface area (Å²) >= 11 is 7.05. The van der Waals surface area contributed by atoms with Crippen molar-refractivity contribution in [3.63, 3.8) is 0 Å². The zero-order valence-corrected chi connectivity index (χ0v) is 19.6. The van der Waals surface area contributed by atoms with Crippen molar-refractivity contribution in [3.05, 3.63) is 57.3 Å². The molecular weight excluding hydrogens is 491 g/mol. The van der Waals surface area contributed by atoms with Crippen LogP contribution in [-0.2, 0) is 6.18 Å². The summed E-state index contributed by atoms with van der Waals surface area (Å²) in [5.74, 6) is -0.203. The van der Waals surface area contributed by atoms with Crippen LogP contribution >= 0.6 is 23.4 Å². The Morgan fingerprint density at radius 2 is 2.00 bits per heavy atom. The maximum absolute atomic E-state index is 13.4. The molecular formula is C23H21ClF3N3O3S. The molecule has 11 heteroatoms. The van der Waals surface area contributed by atoms with E-state index < -0.39 is 23.4 Å². The summed E-state index contributed by atoms with van der Waals surface area (Å²) in [6.45, 7) is 0.687. The van der Waals surface area contributed by atoms with Gasteiger partial charge in [-0.25, -0.2) is 0 Å². The Bertz CT molecular complexity index is 1290. The normalized spacial score (nSPS) is 12.8. The largest absolute Gasteiger partial charge is 0.507 e. The molecule has 0 aliphatic heterocycles. The van der Waals surface area contributed by atoms with Crippen LogP contribution in [0.3, 0.4) is 0 Å². The topological polar surface area (TPSA) is 100 Å². The van der Waals surface area contributed by atoms with Crippen LogP contribution in [-0.4, -0.2) is 52.1 Å². The molecule has 180 valence electrons. The SMILES string of the molecule is CN(CCC#N)CC(O)CSc1c(-c2cc(Cl)ccc2O)c2cc(C(F)(F)F)ccc2[nH]c1=O. The van der Waals surface area contributed by atoms with Gasteiger partial charge >= 0.3 is 6.18 Å². The minimum absolute atomic E-state index is 0.0446. The highest BCUT2D eigenvalue weighted by Crippen LogP contribution is 2.42. The van der Waals surface area contributed by atoms with Gasteiger partial charge in [-0.2, -0.15) is 18.4 Å². The van der Waals surface area contributed by atoms with Crippen molar-refractivity contribution < 1.29 is 23.4 Å². The number of pyridine rings is 1. The third-order valence-electron chi connectivity index (χ3n) is 5.07. The van der Waals surface area contributed by atoms with Gasteiger partial charge in [-0.05, 0) is 43.4 Å². The molecule has 1 heterocycles. The number of hydrogen-bond acceptors (Lipinski definition) is 6. The highest BCUT2D eigenvalue weighted by Gasteiger charge is 2.31. The number of aromatic amines is 1. The van der Waals surface area contributed by atoms with Crippen molar-refractivity contribution in [1.82, 2.24) is 9.88 Å². The number of likely N-dealkylation sites (N-methyl/N-ethyl adjacent to an activating group) is 1. The molecule has 0 radical (unpaired) electrons. The summed E-state index contributed by atoms with van der Waals surface area (Å²) in [6, 6.07) is 9.06. The third kappa shape index (κ3) is 6.04. The van der Waals surface area contributed by atoms with Gasteiger partial charge in [-0.3, -0.25) is 4.79 Å². The predicted molar refractivity (Wildman–Crippen MR) is 126 cm³/mol. The second-order valence-electron chi connectivity index (χ2n) is 7.71. The van der Waals surface area contributed by atoms with E-state index in [2.05, 4.69) is 4.98 Å². The molecule has 0 saturated heterocycles. The first-order valence-corrected chi connectivity index (χ1v) is 11.5. The average Bonchev–Trinajstić information content (AvgIpc) is 2.76. The van der Waals surface area contributed by atoms with Crippen LogP contribution in [0.2, 0.25) is 5.02 Å². The number of phenols is 1. The molecule has 0 amide bonds. The van der Waals surface area contributed by atoms with Crippen molar-refractivity contribution >= 4 is 34.3 Å². The first kappa shape index (κ1) is 25.9. The highest BCUT2D eigenvalue weighted by atomic mass is 35.5. The van der Waals surface area contributed by atoms with Crippen molar-refractivity contribution in [2.45, 2.75) is 23.6 Å². The Kier molecular flexibility index (Phi) is 8.15. The summed E-state index contributed by atoms with van der Waals surface area (Å²) in [5.41, 5.74) is -1.12. The number of alkyl halides is 3. The van der Waals surface area contributed by atoms with Crippen molar-refractivity contribution in [3.8, 4) is 22.9 Å². The molecule has 3 aromatic rings. The zero-order valence-electron chi connectivity index (χ0n) is 18.0. The van der Waals surface area contributed by atoms with E-state index in [0.717, 1.165) is 30.0 Å². The van der Waals surface area contributed by atoms with E-state index in [9.17, 15) is 28.2 Å². The number of aliphatic hydroxyl groups excluding tert-OH is 1.